The maximum absolute atomic E-state index is 10.1. The van der Waals surface area contributed by atoms with Crippen LogP contribution >= 0.6 is 69.6 Å². The summed E-state index contributed by atoms with van der Waals surface area (Å²) >= 11 is 29.9. The van der Waals surface area contributed by atoms with Gasteiger partial charge < -0.3 is 4.79 Å². The van der Waals surface area contributed by atoms with Gasteiger partial charge in [0.05, 0.1) is 10.2 Å². The van der Waals surface area contributed by atoms with Gasteiger partial charge in [-0.3, -0.25) is 4.79 Å². The number of hydrogen-bond donors (Lipinski definition) is 0. The normalized spacial score (nSPS) is 11.5. The third-order valence-corrected chi connectivity index (χ3v) is 3.30. The highest BCUT2D eigenvalue weighted by atomic mass is 35.6. The lowest BCUT2D eigenvalue weighted by Gasteiger charge is -2.02. The number of carbonyl (C=O) groups is 2. The smallest absolute Gasteiger partial charge is 0.245 e. The van der Waals surface area contributed by atoms with Crippen LogP contribution in [0.2, 0.25) is 0 Å². The van der Waals surface area contributed by atoms with E-state index in [0.717, 1.165) is 0 Å². The molecule has 0 amide bonds. The van der Waals surface area contributed by atoms with Crippen LogP contribution < -0.4 is 0 Å². The lowest BCUT2D eigenvalue weighted by atomic mass is 10.9. The zero-order chi connectivity index (χ0) is 11.3. The molecule has 0 spiro atoms. The van der Waals surface area contributed by atoms with Crippen LogP contribution in [0.3, 0.4) is 0 Å². The summed E-state index contributed by atoms with van der Waals surface area (Å²) in [5, 5.41) is -0.322. The van der Waals surface area contributed by atoms with Crippen LogP contribution in [0.5, 0.6) is 0 Å². The maximum Gasteiger partial charge on any atom is 0.245 e. The largest absolute Gasteiger partial charge is 0.302 e. The van der Waals surface area contributed by atoms with Gasteiger partial charge in [0.25, 0.3) is 0 Å². The van der Waals surface area contributed by atoms with Crippen LogP contribution in [0.15, 0.2) is 0 Å². The first-order chi connectivity index (χ1) is 5.50. The molecule has 0 rings (SSSR count). The van der Waals surface area contributed by atoms with Crippen molar-refractivity contribution in [3.63, 3.8) is 0 Å². The van der Waals surface area contributed by atoms with Crippen molar-refractivity contribution < 1.29 is 9.59 Å². The highest BCUT2D eigenvalue weighted by molar-refractivity contribution is 6.86. The summed E-state index contributed by atoms with van der Waals surface area (Å²) in [6, 6.07) is 0. The van der Waals surface area contributed by atoms with Crippen LogP contribution in [0.25, 0.3) is 0 Å². The van der Waals surface area contributed by atoms with Gasteiger partial charge in [-0.1, -0.05) is 69.6 Å². The number of carbonyl (C=O) groups excluding carboxylic acids is 2. The van der Waals surface area contributed by atoms with Crippen molar-refractivity contribution in [3.05, 3.63) is 0 Å². The van der Waals surface area contributed by atoms with Crippen molar-refractivity contribution >= 4 is 91.5 Å². The fourth-order valence-electron chi connectivity index (χ4n) is 0. The molecule has 0 atom stereocenters. The standard InChI is InChI=1S/C2H3Cl3OSi.C2HCl3O/c3-2(4,5)1(6)7;3-2(4,5)1-6/h7H3;1H. The van der Waals surface area contributed by atoms with Gasteiger partial charge >= 0.3 is 0 Å². The molecule has 0 heterocycles. The van der Waals surface area contributed by atoms with Crippen molar-refractivity contribution in [3.8, 4) is 0 Å². The van der Waals surface area contributed by atoms with Gasteiger partial charge in [-0.2, -0.15) is 0 Å². The average Bonchev–Trinajstić information content (AvgIpc) is 1.85. The predicted octanol–water partition coefficient (Wildman–Crippen LogP) is 1.80. The summed E-state index contributed by atoms with van der Waals surface area (Å²) in [7, 11) is 0.293. The Kier molecular flexibility index (Phi) is 8.64. The van der Waals surface area contributed by atoms with Gasteiger partial charge in [-0.25, -0.2) is 0 Å². The Labute approximate surface area is 108 Å². The third-order valence-electron chi connectivity index (χ3n) is 0.533. The summed E-state index contributed by atoms with van der Waals surface area (Å²) in [5.74, 6) is 0. The maximum atomic E-state index is 10.1. The quantitative estimate of drug-likeness (QED) is 0.387. The predicted molar refractivity (Wildman–Crippen MR) is 61.6 cm³/mol. The molecule has 0 radical (unpaired) electrons. The van der Waals surface area contributed by atoms with E-state index in [-0.39, 0.29) is 11.7 Å². The van der Waals surface area contributed by atoms with Crippen molar-refractivity contribution in [1.29, 1.82) is 0 Å². The molecule has 0 bridgehead atoms. The zero-order valence-electron chi connectivity index (χ0n) is 6.16. The fourth-order valence-corrected chi connectivity index (χ4v) is 0. The SMILES string of the molecule is O=C([SiH3])C(Cl)(Cl)Cl.O=CC(Cl)(Cl)Cl. The summed E-state index contributed by atoms with van der Waals surface area (Å²) in [6.45, 7) is 0. The van der Waals surface area contributed by atoms with E-state index in [0.29, 0.717) is 10.2 Å². The molecular formula is C4H4Cl6O2Si. The molecule has 9 heteroatoms. The van der Waals surface area contributed by atoms with E-state index in [1.165, 1.54) is 0 Å². The number of rotatable bonds is 0. The van der Waals surface area contributed by atoms with E-state index >= 15 is 0 Å². The van der Waals surface area contributed by atoms with Crippen LogP contribution in [-0.2, 0) is 9.59 Å². The minimum absolute atomic E-state index is 0.234. The van der Waals surface area contributed by atoms with Gasteiger partial charge in [0.2, 0.25) is 7.59 Å². The molecular weight excluding hydrogens is 321 g/mol. The fraction of sp³-hybridized carbons (Fsp3) is 0.500. The van der Waals surface area contributed by atoms with Gasteiger partial charge in [-0.15, -0.1) is 0 Å². The van der Waals surface area contributed by atoms with Crippen molar-refractivity contribution in [2.75, 3.05) is 0 Å². The number of halogens is 6. The minimum atomic E-state index is -1.72. The topological polar surface area (TPSA) is 34.1 Å². The van der Waals surface area contributed by atoms with E-state index in [1.807, 2.05) is 0 Å². The first-order valence-corrected chi connectivity index (χ1v) is 5.88. The molecule has 0 aliphatic rings. The van der Waals surface area contributed by atoms with Gasteiger partial charge in [-0.05, 0) is 0 Å². The zero-order valence-corrected chi connectivity index (χ0v) is 12.7. The second-order valence-corrected chi connectivity index (χ2v) is 7.27. The van der Waals surface area contributed by atoms with E-state index < -0.39 is 7.59 Å². The van der Waals surface area contributed by atoms with Crippen molar-refractivity contribution in [2.45, 2.75) is 7.59 Å². The molecule has 0 fully saturated rings. The molecule has 0 N–H and O–H groups in total. The molecule has 0 saturated carbocycles. The van der Waals surface area contributed by atoms with Crippen LogP contribution in [-0.4, -0.2) is 29.5 Å². The molecule has 0 aliphatic heterocycles. The molecule has 0 aliphatic carbocycles. The number of hydrogen-bond acceptors (Lipinski definition) is 2. The summed E-state index contributed by atoms with van der Waals surface area (Å²) in [4.78, 5) is 19.6. The minimum Gasteiger partial charge on any atom is -0.302 e. The Morgan fingerprint density at radius 1 is 1.08 bits per heavy atom. The summed E-state index contributed by atoms with van der Waals surface area (Å²) in [6.07, 6.45) is 0.234. The van der Waals surface area contributed by atoms with Gasteiger partial charge in [0.15, 0.2) is 11.7 Å². The first kappa shape index (κ1) is 16.7. The molecule has 78 valence electrons. The Morgan fingerprint density at radius 2 is 1.23 bits per heavy atom. The van der Waals surface area contributed by atoms with Crippen molar-refractivity contribution in [2.24, 2.45) is 0 Å². The van der Waals surface area contributed by atoms with E-state index in [2.05, 4.69) is 0 Å². The molecule has 13 heavy (non-hydrogen) atoms. The first-order valence-electron chi connectivity index (χ1n) is 2.61. The van der Waals surface area contributed by atoms with Crippen LogP contribution in [0, 0.1) is 0 Å². The highest BCUT2D eigenvalue weighted by Crippen LogP contribution is 2.25. The molecule has 0 saturated heterocycles. The lowest BCUT2D eigenvalue weighted by molar-refractivity contribution is -0.111. The average molecular weight is 325 g/mol. The molecule has 0 aromatic carbocycles. The van der Waals surface area contributed by atoms with Crippen molar-refractivity contribution in [1.82, 2.24) is 0 Å². The summed E-state index contributed by atoms with van der Waals surface area (Å²) in [5.41, 5.74) is 0. The second-order valence-electron chi connectivity index (χ2n) is 1.71. The van der Waals surface area contributed by atoms with Crippen LogP contribution in [0.4, 0.5) is 0 Å². The van der Waals surface area contributed by atoms with E-state index in [4.69, 9.17) is 69.6 Å². The Hall–Kier alpha value is 1.30. The van der Waals surface area contributed by atoms with E-state index in [9.17, 15) is 9.59 Å². The van der Waals surface area contributed by atoms with Crippen LogP contribution in [0.1, 0.15) is 0 Å². The summed E-state index contributed by atoms with van der Waals surface area (Å²) < 4.78 is -3.38. The molecule has 0 aromatic rings. The monoisotopic (exact) mass is 322 g/mol. The molecule has 0 unspecified atom stereocenters. The van der Waals surface area contributed by atoms with Gasteiger partial charge in [0.1, 0.15) is 0 Å². The second kappa shape index (κ2) is 6.72. The Balaban J connectivity index is 0. The lowest BCUT2D eigenvalue weighted by Crippen LogP contribution is -2.17. The Bertz CT molecular complexity index is 182. The number of alkyl halides is 6. The molecule has 2 nitrogen and oxygen atoms in total. The highest BCUT2D eigenvalue weighted by Gasteiger charge is 2.24. The molecule has 0 aromatic heterocycles. The van der Waals surface area contributed by atoms with Gasteiger partial charge in [0, 0.05) is 0 Å². The van der Waals surface area contributed by atoms with E-state index in [1.54, 1.807) is 0 Å². The third kappa shape index (κ3) is 16.0. The number of aldehydes is 1. The Morgan fingerprint density at radius 3 is 1.23 bits per heavy atom.